The number of aliphatic hydroxyl groups excluding tert-OH is 1. The molecule has 0 aromatic heterocycles. The van der Waals surface area contributed by atoms with Gasteiger partial charge in [-0.3, -0.25) is 0 Å². The highest BCUT2D eigenvalue weighted by atomic mass is 28.4. The first-order valence-corrected chi connectivity index (χ1v) is 6.07. The molecule has 13 heavy (non-hydrogen) atoms. The molecular weight excluding hydrogens is 190 g/mol. The van der Waals surface area contributed by atoms with Crippen LogP contribution in [0.2, 0.25) is 6.04 Å². The van der Waals surface area contributed by atoms with Crippen LogP contribution in [0.25, 0.3) is 0 Å². The van der Waals surface area contributed by atoms with Crippen LogP contribution in [-0.4, -0.2) is 48.4 Å². The molecule has 80 valence electrons. The molecule has 0 heterocycles. The normalized spacial score (nSPS) is 14.5. The molecule has 1 unspecified atom stereocenters. The van der Waals surface area contributed by atoms with E-state index in [0.29, 0.717) is 12.6 Å². The van der Waals surface area contributed by atoms with Crippen molar-refractivity contribution in [3.8, 4) is 0 Å². The lowest BCUT2D eigenvalue weighted by molar-refractivity contribution is 0.111. The summed E-state index contributed by atoms with van der Waals surface area (Å²) in [6, 6.07) is 0.545. The molecule has 0 saturated carbocycles. The Morgan fingerprint density at radius 3 is 1.92 bits per heavy atom. The van der Waals surface area contributed by atoms with Crippen LogP contribution in [0, 0.1) is 5.92 Å². The summed E-state index contributed by atoms with van der Waals surface area (Å²) in [5.41, 5.74) is 5.45. The Bertz CT molecular complexity index is 119. The molecule has 0 rings (SSSR count). The molecule has 5 nitrogen and oxygen atoms in total. The third-order valence-electron chi connectivity index (χ3n) is 2.06. The molecule has 6 heteroatoms. The van der Waals surface area contributed by atoms with E-state index in [0.717, 1.165) is 0 Å². The van der Waals surface area contributed by atoms with Crippen LogP contribution in [0.3, 0.4) is 0 Å². The van der Waals surface area contributed by atoms with E-state index < -0.39 is 8.80 Å². The van der Waals surface area contributed by atoms with Gasteiger partial charge in [-0.1, -0.05) is 0 Å². The van der Waals surface area contributed by atoms with Crippen LogP contribution in [0.4, 0.5) is 0 Å². The largest absolute Gasteiger partial charge is 0.500 e. The smallest absolute Gasteiger partial charge is 0.396 e. The summed E-state index contributed by atoms with van der Waals surface area (Å²) >= 11 is 0. The molecular formula is C7H19NO4Si. The number of hydrogen-bond acceptors (Lipinski definition) is 5. The topological polar surface area (TPSA) is 73.9 Å². The van der Waals surface area contributed by atoms with Crippen LogP contribution >= 0.6 is 0 Å². The van der Waals surface area contributed by atoms with Gasteiger partial charge >= 0.3 is 8.80 Å². The van der Waals surface area contributed by atoms with Crippen LogP contribution < -0.4 is 5.73 Å². The molecule has 0 spiro atoms. The first-order chi connectivity index (χ1) is 6.17. The van der Waals surface area contributed by atoms with E-state index in [4.69, 9.17) is 24.1 Å². The van der Waals surface area contributed by atoms with E-state index >= 15 is 0 Å². The van der Waals surface area contributed by atoms with Crippen LogP contribution in [0.5, 0.6) is 0 Å². The SMILES string of the molecule is CO[Si](CC(CN)CO)(OC)OC. The van der Waals surface area contributed by atoms with Crippen molar-refractivity contribution in [1.29, 1.82) is 0 Å². The molecule has 0 aromatic rings. The average Bonchev–Trinajstić information content (AvgIpc) is 2.21. The van der Waals surface area contributed by atoms with Gasteiger partial charge in [-0.05, 0) is 12.5 Å². The monoisotopic (exact) mass is 209 g/mol. The van der Waals surface area contributed by atoms with Gasteiger partial charge in [-0.25, -0.2) is 0 Å². The van der Waals surface area contributed by atoms with Gasteiger partial charge in [-0.2, -0.15) is 0 Å². The van der Waals surface area contributed by atoms with E-state index in [2.05, 4.69) is 0 Å². The van der Waals surface area contributed by atoms with Crippen molar-refractivity contribution in [2.45, 2.75) is 6.04 Å². The minimum Gasteiger partial charge on any atom is -0.396 e. The molecule has 0 radical (unpaired) electrons. The highest BCUT2D eigenvalue weighted by Crippen LogP contribution is 2.18. The maximum Gasteiger partial charge on any atom is 0.500 e. The van der Waals surface area contributed by atoms with Crippen LogP contribution in [-0.2, 0) is 13.3 Å². The van der Waals surface area contributed by atoms with Crippen molar-refractivity contribution in [3.05, 3.63) is 0 Å². The fraction of sp³-hybridized carbons (Fsp3) is 1.00. The summed E-state index contributed by atoms with van der Waals surface area (Å²) in [4.78, 5) is 0. The Labute approximate surface area is 80.2 Å². The molecule has 0 aliphatic rings. The second-order valence-corrected chi connectivity index (χ2v) is 5.78. The minimum absolute atomic E-state index is 0.0217. The second kappa shape index (κ2) is 6.47. The predicted octanol–water partition coefficient (Wildman–Crippen LogP) is -0.568. The Hall–Kier alpha value is 0.0169. The molecule has 1 atom stereocenters. The maximum atomic E-state index is 8.95. The van der Waals surface area contributed by atoms with Gasteiger partial charge in [-0.15, -0.1) is 0 Å². The quantitative estimate of drug-likeness (QED) is 0.549. The third-order valence-corrected chi connectivity index (χ3v) is 5.01. The maximum absolute atomic E-state index is 8.95. The van der Waals surface area contributed by atoms with Gasteiger partial charge in [0.2, 0.25) is 0 Å². The summed E-state index contributed by atoms with van der Waals surface area (Å²) in [6.07, 6.45) is 0. The van der Waals surface area contributed by atoms with E-state index in [1.807, 2.05) is 0 Å². The van der Waals surface area contributed by atoms with Gasteiger partial charge in [0.15, 0.2) is 0 Å². The van der Waals surface area contributed by atoms with Crippen molar-refractivity contribution >= 4 is 8.80 Å². The van der Waals surface area contributed by atoms with Crippen molar-refractivity contribution in [3.63, 3.8) is 0 Å². The predicted molar refractivity (Wildman–Crippen MR) is 51.2 cm³/mol. The van der Waals surface area contributed by atoms with E-state index in [1.54, 1.807) is 21.3 Å². The first-order valence-electron chi connectivity index (χ1n) is 4.14. The molecule has 3 N–H and O–H groups in total. The van der Waals surface area contributed by atoms with Gasteiger partial charge in [0, 0.05) is 34.0 Å². The molecule has 0 aliphatic heterocycles. The zero-order chi connectivity index (χ0) is 10.3. The fourth-order valence-electron chi connectivity index (χ4n) is 1.08. The molecule has 0 aliphatic carbocycles. The van der Waals surface area contributed by atoms with E-state index in [1.165, 1.54) is 0 Å². The number of aliphatic hydroxyl groups is 1. The van der Waals surface area contributed by atoms with Crippen molar-refractivity contribution in [2.75, 3.05) is 34.5 Å². The lowest BCUT2D eigenvalue weighted by Gasteiger charge is -2.27. The Morgan fingerprint density at radius 1 is 1.23 bits per heavy atom. The Kier molecular flexibility index (Phi) is 6.48. The summed E-state index contributed by atoms with van der Waals surface area (Å²) in [5, 5.41) is 8.95. The summed E-state index contributed by atoms with van der Waals surface area (Å²) in [7, 11) is 2.07. The Morgan fingerprint density at radius 2 is 1.69 bits per heavy atom. The molecule has 0 saturated heterocycles. The van der Waals surface area contributed by atoms with Crippen LogP contribution in [0.15, 0.2) is 0 Å². The van der Waals surface area contributed by atoms with Crippen molar-refractivity contribution < 1.29 is 18.4 Å². The Balaban J connectivity index is 4.21. The summed E-state index contributed by atoms with van der Waals surface area (Å²) < 4.78 is 15.6. The van der Waals surface area contributed by atoms with E-state index in [-0.39, 0.29) is 12.5 Å². The van der Waals surface area contributed by atoms with E-state index in [9.17, 15) is 0 Å². The third kappa shape index (κ3) is 3.71. The van der Waals surface area contributed by atoms with Gasteiger partial charge < -0.3 is 24.1 Å². The minimum atomic E-state index is -2.56. The average molecular weight is 209 g/mol. The molecule has 0 fully saturated rings. The fourth-order valence-corrected chi connectivity index (χ4v) is 3.08. The van der Waals surface area contributed by atoms with Crippen molar-refractivity contribution in [1.82, 2.24) is 0 Å². The standard InChI is InChI=1S/C7H19NO4Si/c1-10-13(11-2,12-3)6-7(4-8)5-9/h7,9H,4-6,8H2,1-3H3. The first kappa shape index (κ1) is 13.0. The number of rotatable bonds is 7. The summed E-state index contributed by atoms with van der Waals surface area (Å²) in [5.74, 6) is -0.0217. The molecule has 0 aromatic carbocycles. The zero-order valence-electron chi connectivity index (χ0n) is 8.45. The van der Waals surface area contributed by atoms with Crippen molar-refractivity contribution in [2.24, 2.45) is 11.7 Å². The highest BCUT2D eigenvalue weighted by Gasteiger charge is 2.39. The van der Waals surface area contributed by atoms with Gasteiger partial charge in [0.1, 0.15) is 0 Å². The lowest BCUT2D eigenvalue weighted by atomic mass is 10.2. The lowest BCUT2D eigenvalue weighted by Crippen LogP contribution is -2.46. The molecule has 0 bridgehead atoms. The van der Waals surface area contributed by atoms with Gasteiger partial charge in [0.05, 0.1) is 0 Å². The second-order valence-electron chi connectivity index (χ2n) is 2.78. The number of nitrogens with two attached hydrogens (primary N) is 1. The van der Waals surface area contributed by atoms with Gasteiger partial charge in [0.25, 0.3) is 0 Å². The van der Waals surface area contributed by atoms with Crippen LogP contribution in [0.1, 0.15) is 0 Å². The highest BCUT2D eigenvalue weighted by molar-refractivity contribution is 6.60. The number of hydrogen-bond donors (Lipinski definition) is 2. The summed E-state index contributed by atoms with van der Waals surface area (Å²) in [6.45, 7) is 0.433. The molecule has 0 amide bonds. The zero-order valence-corrected chi connectivity index (χ0v) is 9.45.